The smallest absolute Gasteiger partial charge is 0.263 e. The van der Waals surface area contributed by atoms with E-state index in [1.54, 1.807) is 61.7 Å². The van der Waals surface area contributed by atoms with Crippen molar-refractivity contribution in [3.8, 4) is 5.75 Å². The SMILES string of the molecule is COc1ccc(NC(=O)C(F)c2ccccc2)cc1. The molecule has 2 rings (SSSR count). The Morgan fingerprint density at radius 2 is 1.74 bits per heavy atom. The fraction of sp³-hybridized carbons (Fsp3) is 0.133. The Kier molecular flexibility index (Phi) is 4.13. The maximum atomic E-state index is 13.9. The molecule has 2 aromatic rings. The van der Waals surface area contributed by atoms with Crippen LogP contribution in [0.3, 0.4) is 0 Å². The van der Waals surface area contributed by atoms with Crippen molar-refractivity contribution >= 4 is 11.6 Å². The lowest BCUT2D eigenvalue weighted by Crippen LogP contribution is -2.17. The second-order valence-electron chi connectivity index (χ2n) is 3.99. The van der Waals surface area contributed by atoms with Gasteiger partial charge in [-0.1, -0.05) is 30.3 Å². The fourth-order valence-electron chi connectivity index (χ4n) is 1.65. The Balaban J connectivity index is 2.04. The van der Waals surface area contributed by atoms with Gasteiger partial charge in [0.2, 0.25) is 6.17 Å². The first-order valence-electron chi connectivity index (χ1n) is 5.84. The van der Waals surface area contributed by atoms with E-state index >= 15 is 0 Å². The lowest BCUT2D eigenvalue weighted by molar-refractivity contribution is -0.121. The third kappa shape index (κ3) is 3.31. The van der Waals surface area contributed by atoms with Crippen molar-refractivity contribution < 1.29 is 13.9 Å². The van der Waals surface area contributed by atoms with Crippen LogP contribution in [0.2, 0.25) is 0 Å². The molecular weight excluding hydrogens is 245 g/mol. The first-order valence-corrected chi connectivity index (χ1v) is 5.84. The van der Waals surface area contributed by atoms with Gasteiger partial charge in [-0.2, -0.15) is 0 Å². The molecule has 0 aliphatic carbocycles. The van der Waals surface area contributed by atoms with Gasteiger partial charge in [0.25, 0.3) is 5.91 Å². The van der Waals surface area contributed by atoms with Crippen molar-refractivity contribution in [2.75, 3.05) is 12.4 Å². The highest BCUT2D eigenvalue weighted by atomic mass is 19.1. The third-order valence-corrected chi connectivity index (χ3v) is 2.68. The number of nitrogens with one attached hydrogen (secondary N) is 1. The minimum Gasteiger partial charge on any atom is -0.497 e. The molecule has 0 saturated carbocycles. The summed E-state index contributed by atoms with van der Waals surface area (Å²) >= 11 is 0. The van der Waals surface area contributed by atoms with E-state index in [9.17, 15) is 9.18 Å². The van der Waals surface area contributed by atoms with Crippen LogP contribution in [0.5, 0.6) is 5.75 Å². The number of ether oxygens (including phenoxy) is 1. The molecule has 1 unspecified atom stereocenters. The van der Waals surface area contributed by atoms with Gasteiger partial charge in [0.1, 0.15) is 5.75 Å². The number of alkyl halides is 1. The summed E-state index contributed by atoms with van der Waals surface area (Å²) in [5.74, 6) is -0.00535. The highest BCUT2D eigenvalue weighted by molar-refractivity contribution is 5.94. The Morgan fingerprint density at radius 1 is 1.11 bits per heavy atom. The van der Waals surface area contributed by atoms with Crippen LogP contribution in [-0.2, 0) is 4.79 Å². The molecule has 4 heteroatoms. The standard InChI is InChI=1S/C15H14FNO2/c1-19-13-9-7-12(8-10-13)17-15(18)14(16)11-5-3-2-4-6-11/h2-10,14H,1H3,(H,17,18). The summed E-state index contributed by atoms with van der Waals surface area (Å²) in [4.78, 5) is 11.7. The van der Waals surface area contributed by atoms with Crippen molar-refractivity contribution in [2.45, 2.75) is 6.17 Å². The zero-order chi connectivity index (χ0) is 13.7. The summed E-state index contributed by atoms with van der Waals surface area (Å²) in [6, 6.07) is 15.1. The van der Waals surface area contributed by atoms with E-state index in [0.29, 0.717) is 17.0 Å². The average Bonchev–Trinajstić information content (AvgIpc) is 2.48. The molecule has 2 aromatic carbocycles. The van der Waals surface area contributed by atoms with Crippen LogP contribution in [0.25, 0.3) is 0 Å². The van der Waals surface area contributed by atoms with E-state index in [1.165, 1.54) is 0 Å². The maximum absolute atomic E-state index is 13.9. The molecule has 0 saturated heterocycles. The second-order valence-corrected chi connectivity index (χ2v) is 3.99. The quantitative estimate of drug-likeness (QED) is 0.914. The summed E-state index contributed by atoms with van der Waals surface area (Å²) < 4.78 is 18.9. The molecular formula is C15H14FNO2. The molecule has 0 heterocycles. The summed E-state index contributed by atoms with van der Waals surface area (Å²) in [6.07, 6.45) is -1.68. The largest absolute Gasteiger partial charge is 0.497 e. The molecule has 0 fully saturated rings. The monoisotopic (exact) mass is 259 g/mol. The minimum absolute atomic E-state index is 0.341. The number of rotatable bonds is 4. The van der Waals surface area contributed by atoms with Crippen molar-refractivity contribution in [3.05, 3.63) is 60.2 Å². The molecule has 1 atom stereocenters. The number of carbonyl (C=O) groups excluding carboxylic acids is 1. The lowest BCUT2D eigenvalue weighted by atomic mass is 10.1. The second kappa shape index (κ2) is 6.00. The van der Waals surface area contributed by atoms with Gasteiger partial charge in [-0.3, -0.25) is 4.79 Å². The molecule has 0 aromatic heterocycles. The summed E-state index contributed by atoms with van der Waals surface area (Å²) in [5.41, 5.74) is 0.873. The predicted octanol–water partition coefficient (Wildman–Crippen LogP) is 3.34. The maximum Gasteiger partial charge on any atom is 0.263 e. The Morgan fingerprint density at radius 3 is 2.32 bits per heavy atom. The first-order chi connectivity index (χ1) is 9.20. The van der Waals surface area contributed by atoms with Crippen LogP contribution in [-0.4, -0.2) is 13.0 Å². The summed E-state index contributed by atoms with van der Waals surface area (Å²) in [5, 5.41) is 2.52. The molecule has 0 bridgehead atoms. The van der Waals surface area contributed by atoms with E-state index in [1.807, 2.05) is 0 Å². The van der Waals surface area contributed by atoms with Crippen LogP contribution < -0.4 is 10.1 Å². The van der Waals surface area contributed by atoms with E-state index in [0.717, 1.165) is 0 Å². The van der Waals surface area contributed by atoms with Gasteiger partial charge < -0.3 is 10.1 Å². The zero-order valence-corrected chi connectivity index (χ0v) is 10.5. The minimum atomic E-state index is -1.68. The first kappa shape index (κ1) is 13.1. The number of amides is 1. The number of anilines is 1. The molecule has 0 spiro atoms. The summed E-state index contributed by atoms with van der Waals surface area (Å²) in [7, 11) is 1.56. The molecule has 1 N–H and O–H groups in total. The Labute approximate surface area is 111 Å². The van der Waals surface area contributed by atoms with Gasteiger partial charge in [-0.15, -0.1) is 0 Å². The average molecular weight is 259 g/mol. The van der Waals surface area contributed by atoms with Crippen LogP contribution in [0.1, 0.15) is 11.7 Å². The van der Waals surface area contributed by atoms with Crippen LogP contribution in [0, 0.1) is 0 Å². The molecule has 98 valence electrons. The fourth-order valence-corrected chi connectivity index (χ4v) is 1.65. The van der Waals surface area contributed by atoms with Crippen molar-refractivity contribution in [1.29, 1.82) is 0 Å². The van der Waals surface area contributed by atoms with E-state index in [-0.39, 0.29) is 0 Å². The van der Waals surface area contributed by atoms with Gasteiger partial charge in [0.05, 0.1) is 7.11 Å². The molecule has 0 radical (unpaired) electrons. The van der Waals surface area contributed by atoms with Crippen LogP contribution in [0.4, 0.5) is 10.1 Å². The number of hydrogen-bond acceptors (Lipinski definition) is 2. The van der Waals surface area contributed by atoms with Crippen LogP contribution in [0.15, 0.2) is 54.6 Å². The van der Waals surface area contributed by atoms with Crippen molar-refractivity contribution in [3.63, 3.8) is 0 Å². The van der Waals surface area contributed by atoms with E-state index in [4.69, 9.17) is 4.74 Å². The van der Waals surface area contributed by atoms with Crippen molar-refractivity contribution in [1.82, 2.24) is 0 Å². The zero-order valence-electron chi connectivity index (χ0n) is 10.5. The molecule has 0 aliphatic heterocycles. The number of methoxy groups -OCH3 is 1. The van der Waals surface area contributed by atoms with Gasteiger partial charge in [0, 0.05) is 5.69 Å². The summed E-state index contributed by atoms with van der Waals surface area (Å²) in [6.45, 7) is 0. The third-order valence-electron chi connectivity index (χ3n) is 2.68. The number of hydrogen-bond donors (Lipinski definition) is 1. The highest BCUT2D eigenvalue weighted by Crippen LogP contribution is 2.20. The van der Waals surface area contributed by atoms with E-state index < -0.39 is 12.1 Å². The topological polar surface area (TPSA) is 38.3 Å². The van der Waals surface area contributed by atoms with Gasteiger partial charge in [0.15, 0.2) is 0 Å². The highest BCUT2D eigenvalue weighted by Gasteiger charge is 2.19. The molecule has 3 nitrogen and oxygen atoms in total. The molecule has 19 heavy (non-hydrogen) atoms. The van der Waals surface area contributed by atoms with E-state index in [2.05, 4.69) is 5.32 Å². The van der Waals surface area contributed by atoms with Gasteiger partial charge in [-0.25, -0.2) is 4.39 Å². The number of benzene rings is 2. The molecule has 1 amide bonds. The predicted molar refractivity (Wildman–Crippen MR) is 71.9 cm³/mol. The van der Waals surface area contributed by atoms with Crippen LogP contribution >= 0.6 is 0 Å². The number of carbonyl (C=O) groups is 1. The van der Waals surface area contributed by atoms with Gasteiger partial charge >= 0.3 is 0 Å². The Bertz CT molecular complexity index is 540. The molecule has 0 aliphatic rings. The number of halogens is 1. The lowest BCUT2D eigenvalue weighted by Gasteiger charge is -2.10. The van der Waals surface area contributed by atoms with Crippen molar-refractivity contribution in [2.24, 2.45) is 0 Å². The Hall–Kier alpha value is -2.36. The van der Waals surface area contributed by atoms with Gasteiger partial charge in [-0.05, 0) is 29.8 Å². The normalized spacial score (nSPS) is 11.7.